The van der Waals surface area contributed by atoms with Crippen LogP contribution in [-0.4, -0.2) is 28.2 Å². The summed E-state index contributed by atoms with van der Waals surface area (Å²) in [5.41, 5.74) is -0.204. The standard InChI is InChI=1S/C10H9Cl2N3O3/c11-3-6-1-9(16)14(5-6)10-8(12)2-7(4-13-10)15(17)18/h2,4,6H,1,3,5H2. The first-order valence-corrected chi connectivity index (χ1v) is 6.10. The van der Waals surface area contributed by atoms with E-state index in [4.69, 9.17) is 23.2 Å². The highest BCUT2D eigenvalue weighted by atomic mass is 35.5. The van der Waals surface area contributed by atoms with E-state index < -0.39 is 4.92 Å². The van der Waals surface area contributed by atoms with Crippen LogP contribution in [0, 0.1) is 16.0 Å². The van der Waals surface area contributed by atoms with E-state index in [9.17, 15) is 14.9 Å². The Kier molecular flexibility index (Phi) is 3.68. The molecule has 2 rings (SSSR count). The highest BCUT2D eigenvalue weighted by molar-refractivity contribution is 6.33. The molecular weight excluding hydrogens is 281 g/mol. The Hall–Kier alpha value is -1.40. The van der Waals surface area contributed by atoms with E-state index in [1.165, 1.54) is 11.0 Å². The van der Waals surface area contributed by atoms with Crippen molar-refractivity contribution < 1.29 is 9.72 Å². The van der Waals surface area contributed by atoms with Crippen molar-refractivity contribution in [3.05, 3.63) is 27.4 Å². The zero-order chi connectivity index (χ0) is 13.3. The molecule has 8 heteroatoms. The van der Waals surface area contributed by atoms with Crippen LogP contribution in [0.25, 0.3) is 0 Å². The van der Waals surface area contributed by atoms with E-state index >= 15 is 0 Å². The van der Waals surface area contributed by atoms with Crippen LogP contribution < -0.4 is 4.90 Å². The van der Waals surface area contributed by atoms with Crippen LogP contribution >= 0.6 is 23.2 Å². The van der Waals surface area contributed by atoms with Crippen LogP contribution in [0.15, 0.2) is 12.3 Å². The molecule has 0 aromatic carbocycles. The van der Waals surface area contributed by atoms with E-state index in [2.05, 4.69) is 4.98 Å². The van der Waals surface area contributed by atoms with Gasteiger partial charge in [-0.2, -0.15) is 0 Å². The van der Waals surface area contributed by atoms with Gasteiger partial charge in [0, 0.05) is 24.9 Å². The molecule has 96 valence electrons. The third-order valence-corrected chi connectivity index (χ3v) is 3.41. The average Bonchev–Trinajstić information content (AvgIpc) is 2.70. The number of rotatable bonds is 3. The Balaban J connectivity index is 2.29. The molecule has 1 atom stereocenters. The number of amides is 1. The van der Waals surface area contributed by atoms with Crippen molar-refractivity contribution in [3.63, 3.8) is 0 Å². The number of nitrogens with zero attached hydrogens (tertiary/aromatic N) is 3. The minimum atomic E-state index is -0.587. The second-order valence-electron chi connectivity index (χ2n) is 3.98. The molecule has 1 unspecified atom stereocenters. The Labute approximate surface area is 113 Å². The van der Waals surface area contributed by atoms with E-state index in [0.717, 1.165) is 6.20 Å². The number of halogens is 2. The lowest BCUT2D eigenvalue weighted by Crippen LogP contribution is -2.26. The highest BCUT2D eigenvalue weighted by Crippen LogP contribution is 2.31. The van der Waals surface area contributed by atoms with Crippen LogP contribution in [-0.2, 0) is 4.79 Å². The average molecular weight is 290 g/mol. The molecule has 0 N–H and O–H groups in total. The van der Waals surface area contributed by atoms with Crippen molar-refractivity contribution in [2.45, 2.75) is 6.42 Å². The molecule has 1 aliphatic rings. The van der Waals surface area contributed by atoms with Gasteiger partial charge in [-0.3, -0.25) is 19.8 Å². The van der Waals surface area contributed by atoms with Crippen LogP contribution in [0.4, 0.5) is 11.5 Å². The molecule has 0 bridgehead atoms. The van der Waals surface area contributed by atoms with Gasteiger partial charge in [-0.05, 0) is 5.92 Å². The lowest BCUT2D eigenvalue weighted by Gasteiger charge is -2.16. The summed E-state index contributed by atoms with van der Waals surface area (Å²) in [5, 5.41) is 10.6. The number of nitro groups is 1. The van der Waals surface area contributed by atoms with Gasteiger partial charge in [0.1, 0.15) is 6.20 Å². The summed E-state index contributed by atoms with van der Waals surface area (Å²) in [7, 11) is 0. The Morgan fingerprint density at radius 3 is 2.83 bits per heavy atom. The van der Waals surface area contributed by atoms with Crippen molar-refractivity contribution in [1.82, 2.24) is 4.98 Å². The van der Waals surface area contributed by atoms with E-state index in [-0.39, 0.29) is 28.4 Å². The number of pyridine rings is 1. The number of hydrogen-bond acceptors (Lipinski definition) is 4. The molecule has 1 aromatic rings. The summed E-state index contributed by atoms with van der Waals surface area (Å²) in [6.45, 7) is 0.437. The first-order valence-electron chi connectivity index (χ1n) is 5.19. The summed E-state index contributed by atoms with van der Waals surface area (Å²) in [6.07, 6.45) is 1.43. The number of carbonyl (C=O) groups is 1. The molecule has 1 saturated heterocycles. The first kappa shape index (κ1) is 13.0. The number of hydrogen-bond donors (Lipinski definition) is 0. The van der Waals surface area contributed by atoms with Crippen LogP contribution in [0.1, 0.15) is 6.42 Å². The fraction of sp³-hybridized carbons (Fsp3) is 0.400. The number of alkyl halides is 1. The van der Waals surface area contributed by atoms with Gasteiger partial charge in [0.05, 0.1) is 9.95 Å². The van der Waals surface area contributed by atoms with Crippen LogP contribution in [0.2, 0.25) is 5.02 Å². The fourth-order valence-electron chi connectivity index (χ4n) is 1.81. The fourth-order valence-corrected chi connectivity index (χ4v) is 2.28. The summed E-state index contributed by atoms with van der Waals surface area (Å²) < 4.78 is 0. The van der Waals surface area contributed by atoms with Gasteiger partial charge in [-0.25, -0.2) is 4.98 Å². The van der Waals surface area contributed by atoms with Crippen molar-refractivity contribution in [1.29, 1.82) is 0 Å². The largest absolute Gasteiger partial charge is 0.295 e. The van der Waals surface area contributed by atoms with Crippen LogP contribution in [0.5, 0.6) is 0 Å². The first-order chi connectivity index (χ1) is 8.52. The maximum Gasteiger partial charge on any atom is 0.289 e. The molecule has 1 aromatic heterocycles. The zero-order valence-corrected chi connectivity index (χ0v) is 10.7. The minimum Gasteiger partial charge on any atom is -0.295 e. The predicted molar refractivity (Wildman–Crippen MR) is 67.1 cm³/mol. The molecule has 0 spiro atoms. The summed E-state index contributed by atoms with van der Waals surface area (Å²) in [4.78, 5) is 27.0. The van der Waals surface area contributed by atoms with Gasteiger partial charge in [0.15, 0.2) is 5.82 Å². The maximum absolute atomic E-state index is 11.7. The minimum absolute atomic E-state index is 0.0622. The van der Waals surface area contributed by atoms with Crippen molar-refractivity contribution in [2.75, 3.05) is 17.3 Å². The van der Waals surface area contributed by atoms with Gasteiger partial charge in [-0.1, -0.05) is 11.6 Å². The molecule has 18 heavy (non-hydrogen) atoms. The Morgan fingerprint density at radius 1 is 1.61 bits per heavy atom. The van der Waals surface area contributed by atoms with Gasteiger partial charge in [-0.15, -0.1) is 11.6 Å². The smallest absolute Gasteiger partial charge is 0.289 e. The van der Waals surface area contributed by atoms with Crippen molar-refractivity contribution in [3.8, 4) is 0 Å². The summed E-state index contributed by atoms with van der Waals surface area (Å²) >= 11 is 11.6. The Bertz CT molecular complexity index is 509. The molecule has 2 heterocycles. The molecule has 1 aliphatic heterocycles. The lowest BCUT2D eigenvalue weighted by molar-refractivity contribution is -0.385. The second kappa shape index (κ2) is 5.07. The number of anilines is 1. The summed E-state index contributed by atoms with van der Waals surface area (Å²) in [6, 6.07) is 1.19. The zero-order valence-electron chi connectivity index (χ0n) is 9.18. The number of aromatic nitrogens is 1. The third kappa shape index (κ3) is 2.39. The molecule has 0 saturated carbocycles. The molecular formula is C10H9Cl2N3O3. The molecule has 0 aliphatic carbocycles. The normalized spacial score (nSPS) is 19.3. The predicted octanol–water partition coefficient (Wildman–Crippen LogP) is 2.23. The molecule has 0 radical (unpaired) electrons. The topological polar surface area (TPSA) is 76.3 Å². The maximum atomic E-state index is 11.7. The van der Waals surface area contributed by atoms with E-state index in [1.807, 2.05) is 0 Å². The van der Waals surface area contributed by atoms with Gasteiger partial charge < -0.3 is 0 Å². The second-order valence-corrected chi connectivity index (χ2v) is 4.70. The lowest BCUT2D eigenvalue weighted by atomic mass is 10.1. The van der Waals surface area contributed by atoms with E-state index in [0.29, 0.717) is 18.8 Å². The molecule has 6 nitrogen and oxygen atoms in total. The monoisotopic (exact) mass is 289 g/mol. The number of carbonyl (C=O) groups excluding carboxylic acids is 1. The van der Waals surface area contributed by atoms with Gasteiger partial charge in [0.2, 0.25) is 5.91 Å². The Morgan fingerprint density at radius 2 is 2.33 bits per heavy atom. The van der Waals surface area contributed by atoms with E-state index in [1.54, 1.807) is 0 Å². The van der Waals surface area contributed by atoms with Crippen LogP contribution in [0.3, 0.4) is 0 Å². The van der Waals surface area contributed by atoms with Gasteiger partial charge >= 0.3 is 0 Å². The van der Waals surface area contributed by atoms with Crippen molar-refractivity contribution >= 4 is 40.6 Å². The third-order valence-electron chi connectivity index (χ3n) is 2.70. The summed E-state index contributed by atoms with van der Waals surface area (Å²) in [5.74, 6) is 0.573. The quantitative estimate of drug-likeness (QED) is 0.486. The van der Waals surface area contributed by atoms with Gasteiger partial charge in [0.25, 0.3) is 5.69 Å². The highest BCUT2D eigenvalue weighted by Gasteiger charge is 2.32. The SMILES string of the molecule is O=C1CC(CCl)CN1c1ncc([N+](=O)[O-])cc1Cl. The molecule has 1 fully saturated rings. The van der Waals surface area contributed by atoms with Crippen molar-refractivity contribution in [2.24, 2.45) is 5.92 Å². The molecule has 1 amide bonds.